The minimum Gasteiger partial charge on any atom is -0.491 e. The average Bonchev–Trinajstić information content (AvgIpc) is 3.28. The first-order valence-electron chi connectivity index (χ1n) is 10.1. The van der Waals surface area contributed by atoms with E-state index in [1.165, 1.54) is 5.56 Å². The number of amides is 1. The number of carbonyl (C=O) groups excluding carboxylic acids is 1. The van der Waals surface area contributed by atoms with Gasteiger partial charge in [0.25, 0.3) is 5.91 Å². The van der Waals surface area contributed by atoms with E-state index in [2.05, 4.69) is 17.4 Å². The van der Waals surface area contributed by atoms with E-state index in [1.54, 1.807) is 12.1 Å². The van der Waals surface area contributed by atoms with E-state index < -0.39 is 0 Å². The molecule has 0 bridgehead atoms. The van der Waals surface area contributed by atoms with Gasteiger partial charge < -0.3 is 14.8 Å². The third kappa shape index (κ3) is 5.24. The molecule has 3 aromatic rings. The van der Waals surface area contributed by atoms with Gasteiger partial charge in [-0.25, -0.2) is 0 Å². The molecule has 4 nitrogen and oxygen atoms in total. The van der Waals surface area contributed by atoms with Gasteiger partial charge in [0, 0.05) is 17.9 Å². The molecule has 4 heteroatoms. The fourth-order valence-electron chi connectivity index (χ4n) is 3.47. The van der Waals surface area contributed by atoms with Crippen molar-refractivity contribution in [2.45, 2.75) is 25.4 Å². The Kier molecular flexibility index (Phi) is 6.22. The zero-order valence-electron chi connectivity index (χ0n) is 16.3. The predicted molar refractivity (Wildman–Crippen MR) is 115 cm³/mol. The van der Waals surface area contributed by atoms with Crippen LogP contribution in [-0.4, -0.2) is 25.2 Å². The van der Waals surface area contributed by atoms with E-state index in [4.69, 9.17) is 9.47 Å². The highest BCUT2D eigenvalue weighted by Gasteiger charge is 2.16. The Morgan fingerprint density at radius 3 is 2.48 bits per heavy atom. The third-order valence-corrected chi connectivity index (χ3v) is 5.08. The molecule has 1 fully saturated rings. The van der Waals surface area contributed by atoms with Gasteiger partial charge in [0.2, 0.25) is 0 Å². The summed E-state index contributed by atoms with van der Waals surface area (Å²) < 4.78 is 11.3. The summed E-state index contributed by atoms with van der Waals surface area (Å²) in [4.78, 5) is 12.7. The van der Waals surface area contributed by atoms with E-state index in [0.29, 0.717) is 12.2 Å². The second-order valence-electron chi connectivity index (χ2n) is 7.24. The molecule has 29 heavy (non-hydrogen) atoms. The van der Waals surface area contributed by atoms with Gasteiger partial charge in [-0.3, -0.25) is 4.79 Å². The molecule has 0 spiro atoms. The second kappa shape index (κ2) is 9.39. The minimum atomic E-state index is -0.129. The Balaban J connectivity index is 1.39. The fraction of sp³-hybridized carbons (Fsp3) is 0.240. The Morgan fingerprint density at radius 2 is 1.72 bits per heavy atom. The lowest BCUT2D eigenvalue weighted by molar-refractivity contribution is 0.0679. The van der Waals surface area contributed by atoms with Gasteiger partial charge in [-0.1, -0.05) is 48.5 Å². The molecule has 1 N–H and O–H groups in total. The van der Waals surface area contributed by atoms with Crippen LogP contribution in [0.15, 0.2) is 78.9 Å². The normalized spacial score (nSPS) is 15.8. The van der Waals surface area contributed by atoms with Crippen molar-refractivity contribution in [3.8, 4) is 5.75 Å². The molecular weight excluding hydrogens is 362 g/mol. The molecule has 0 radical (unpaired) electrons. The van der Waals surface area contributed by atoms with Crippen molar-refractivity contribution >= 4 is 11.6 Å². The monoisotopic (exact) mass is 387 g/mol. The number of rotatable bonds is 7. The fourth-order valence-corrected chi connectivity index (χ4v) is 3.47. The Labute approximate surface area is 171 Å². The van der Waals surface area contributed by atoms with E-state index in [0.717, 1.165) is 42.9 Å². The number of anilines is 1. The molecule has 4 rings (SSSR count). The summed E-state index contributed by atoms with van der Waals surface area (Å²) in [6.07, 6.45) is 3.09. The van der Waals surface area contributed by atoms with Gasteiger partial charge in [0.1, 0.15) is 12.4 Å². The molecule has 0 aliphatic carbocycles. The highest BCUT2D eigenvalue weighted by Crippen LogP contribution is 2.21. The standard InChI is InChI=1S/C25H25NO3/c27-25(20-12-14-22(15-13-20)29-18-23-10-6-16-28-23)26-24-11-5-4-9-21(24)17-19-7-2-1-3-8-19/h1-5,7-9,11-15,23H,6,10,16-18H2,(H,26,27). The highest BCUT2D eigenvalue weighted by molar-refractivity contribution is 6.04. The lowest BCUT2D eigenvalue weighted by Gasteiger charge is -2.13. The summed E-state index contributed by atoms with van der Waals surface area (Å²) in [6, 6.07) is 25.4. The Bertz CT molecular complexity index is 932. The number of carbonyl (C=O) groups is 1. The van der Waals surface area contributed by atoms with Crippen LogP contribution in [0.3, 0.4) is 0 Å². The first-order valence-corrected chi connectivity index (χ1v) is 10.1. The summed E-state index contributed by atoms with van der Waals surface area (Å²) >= 11 is 0. The van der Waals surface area contributed by atoms with E-state index in [1.807, 2.05) is 54.6 Å². The molecule has 3 aromatic carbocycles. The number of ether oxygens (including phenoxy) is 2. The summed E-state index contributed by atoms with van der Waals surface area (Å²) in [5.74, 6) is 0.623. The maximum Gasteiger partial charge on any atom is 0.255 e. The number of nitrogens with one attached hydrogen (secondary N) is 1. The maximum atomic E-state index is 12.7. The second-order valence-corrected chi connectivity index (χ2v) is 7.24. The van der Waals surface area contributed by atoms with Crippen LogP contribution in [0, 0.1) is 0 Å². The van der Waals surface area contributed by atoms with Gasteiger partial charge in [0.05, 0.1) is 6.10 Å². The van der Waals surface area contributed by atoms with E-state index in [-0.39, 0.29) is 12.0 Å². The number of hydrogen-bond donors (Lipinski definition) is 1. The largest absolute Gasteiger partial charge is 0.491 e. The Hall–Kier alpha value is -3.11. The third-order valence-electron chi connectivity index (χ3n) is 5.08. The molecule has 0 saturated carbocycles. The molecule has 1 saturated heterocycles. The first kappa shape index (κ1) is 19.2. The van der Waals surface area contributed by atoms with Crippen LogP contribution in [0.1, 0.15) is 34.3 Å². The van der Waals surface area contributed by atoms with Gasteiger partial charge in [0.15, 0.2) is 0 Å². The van der Waals surface area contributed by atoms with Crippen molar-refractivity contribution < 1.29 is 14.3 Å². The van der Waals surface area contributed by atoms with Crippen molar-refractivity contribution in [3.05, 3.63) is 95.6 Å². The minimum absolute atomic E-state index is 0.129. The molecule has 1 heterocycles. The SMILES string of the molecule is O=C(Nc1ccccc1Cc1ccccc1)c1ccc(OCC2CCCO2)cc1. The number of benzene rings is 3. The van der Waals surface area contributed by atoms with Crippen LogP contribution in [0.2, 0.25) is 0 Å². The van der Waals surface area contributed by atoms with Crippen molar-refractivity contribution in [3.63, 3.8) is 0 Å². The van der Waals surface area contributed by atoms with Gasteiger partial charge in [-0.15, -0.1) is 0 Å². The summed E-state index contributed by atoms with van der Waals surface area (Å²) in [5.41, 5.74) is 3.73. The van der Waals surface area contributed by atoms with Crippen LogP contribution < -0.4 is 10.1 Å². The van der Waals surface area contributed by atoms with Gasteiger partial charge in [-0.05, 0) is 60.7 Å². The van der Waals surface area contributed by atoms with Crippen molar-refractivity contribution in [2.75, 3.05) is 18.5 Å². The molecular formula is C25H25NO3. The van der Waals surface area contributed by atoms with Gasteiger partial charge >= 0.3 is 0 Å². The molecule has 1 unspecified atom stereocenters. The highest BCUT2D eigenvalue weighted by atomic mass is 16.5. The topological polar surface area (TPSA) is 47.6 Å². The van der Waals surface area contributed by atoms with Crippen LogP contribution in [-0.2, 0) is 11.2 Å². The maximum absolute atomic E-state index is 12.7. The molecule has 1 amide bonds. The lowest BCUT2D eigenvalue weighted by Crippen LogP contribution is -2.16. The molecule has 1 aliphatic heterocycles. The van der Waals surface area contributed by atoms with Crippen molar-refractivity contribution in [1.29, 1.82) is 0 Å². The molecule has 1 atom stereocenters. The summed E-state index contributed by atoms with van der Waals surface area (Å²) in [5, 5.41) is 3.04. The molecule has 0 aromatic heterocycles. The summed E-state index contributed by atoms with van der Waals surface area (Å²) in [7, 11) is 0. The van der Waals surface area contributed by atoms with E-state index in [9.17, 15) is 4.79 Å². The summed E-state index contributed by atoms with van der Waals surface area (Å²) in [6.45, 7) is 1.37. The smallest absolute Gasteiger partial charge is 0.255 e. The lowest BCUT2D eigenvalue weighted by atomic mass is 10.0. The van der Waals surface area contributed by atoms with Crippen LogP contribution in [0.25, 0.3) is 0 Å². The van der Waals surface area contributed by atoms with Crippen LogP contribution in [0.4, 0.5) is 5.69 Å². The van der Waals surface area contributed by atoms with E-state index >= 15 is 0 Å². The molecule has 148 valence electrons. The number of para-hydroxylation sites is 1. The van der Waals surface area contributed by atoms with Crippen molar-refractivity contribution in [2.24, 2.45) is 0 Å². The molecule has 1 aliphatic rings. The van der Waals surface area contributed by atoms with Crippen LogP contribution >= 0.6 is 0 Å². The first-order chi connectivity index (χ1) is 14.3. The van der Waals surface area contributed by atoms with Crippen molar-refractivity contribution in [1.82, 2.24) is 0 Å². The van der Waals surface area contributed by atoms with Crippen LogP contribution in [0.5, 0.6) is 5.75 Å². The predicted octanol–water partition coefficient (Wildman–Crippen LogP) is 5.09. The van der Waals surface area contributed by atoms with Gasteiger partial charge in [-0.2, -0.15) is 0 Å². The average molecular weight is 387 g/mol. The Morgan fingerprint density at radius 1 is 0.966 bits per heavy atom. The quantitative estimate of drug-likeness (QED) is 0.614. The zero-order chi connectivity index (χ0) is 19.9. The number of hydrogen-bond acceptors (Lipinski definition) is 3. The zero-order valence-corrected chi connectivity index (χ0v) is 16.3.